The summed E-state index contributed by atoms with van der Waals surface area (Å²) in [5.41, 5.74) is 1.21. The van der Waals surface area contributed by atoms with Crippen LogP contribution >= 0.6 is 0 Å². The molecule has 1 saturated heterocycles. The fourth-order valence-electron chi connectivity index (χ4n) is 2.49. The Kier molecular flexibility index (Phi) is 4.36. The van der Waals surface area contributed by atoms with Crippen molar-refractivity contribution in [3.63, 3.8) is 0 Å². The summed E-state index contributed by atoms with van der Waals surface area (Å²) in [4.78, 5) is 0. The zero-order valence-corrected chi connectivity index (χ0v) is 11.3. The van der Waals surface area contributed by atoms with Crippen LogP contribution in [0.2, 0.25) is 0 Å². The van der Waals surface area contributed by atoms with Crippen LogP contribution in [0.5, 0.6) is 0 Å². The Labute approximate surface area is 109 Å². The lowest BCUT2D eigenvalue weighted by atomic mass is 9.84. The quantitative estimate of drug-likeness (QED) is 0.839. The predicted molar refractivity (Wildman–Crippen MR) is 73.3 cm³/mol. The number of hydrogen-bond acceptors (Lipinski definition) is 2. The van der Waals surface area contributed by atoms with E-state index in [9.17, 15) is 4.39 Å². The van der Waals surface area contributed by atoms with Crippen molar-refractivity contribution in [1.29, 1.82) is 0 Å². The van der Waals surface area contributed by atoms with Crippen molar-refractivity contribution in [3.05, 3.63) is 35.6 Å². The molecule has 1 unspecified atom stereocenters. The first-order valence-corrected chi connectivity index (χ1v) is 6.78. The van der Waals surface area contributed by atoms with E-state index in [1.807, 2.05) is 12.1 Å². The van der Waals surface area contributed by atoms with Crippen LogP contribution in [0.1, 0.15) is 32.3 Å². The summed E-state index contributed by atoms with van der Waals surface area (Å²) in [6, 6.07) is 7.45. The zero-order chi connectivity index (χ0) is 13.0. The Bertz CT molecular complexity index is 367. The molecule has 18 heavy (non-hydrogen) atoms. The molecular formula is C15H23FN2. The fraction of sp³-hybridized carbons (Fsp3) is 0.600. The van der Waals surface area contributed by atoms with Crippen LogP contribution in [-0.4, -0.2) is 25.7 Å². The number of halogens is 1. The van der Waals surface area contributed by atoms with Crippen molar-refractivity contribution in [3.8, 4) is 0 Å². The molecule has 0 aliphatic carbocycles. The third-order valence-corrected chi connectivity index (χ3v) is 3.75. The van der Waals surface area contributed by atoms with Crippen molar-refractivity contribution in [2.75, 3.05) is 19.6 Å². The molecule has 0 spiro atoms. The third kappa shape index (κ3) is 3.53. The number of nitrogens with one attached hydrogen (secondary N) is 2. The number of hydrogen-bond donors (Lipinski definition) is 2. The average Bonchev–Trinajstić information content (AvgIpc) is 2.82. The molecule has 1 heterocycles. The maximum absolute atomic E-state index is 12.9. The fourth-order valence-corrected chi connectivity index (χ4v) is 2.49. The van der Waals surface area contributed by atoms with Crippen LogP contribution in [0.25, 0.3) is 0 Å². The van der Waals surface area contributed by atoms with E-state index in [-0.39, 0.29) is 11.2 Å². The van der Waals surface area contributed by atoms with Gasteiger partial charge in [0.2, 0.25) is 0 Å². The van der Waals surface area contributed by atoms with Crippen LogP contribution in [0, 0.1) is 5.82 Å². The highest BCUT2D eigenvalue weighted by Crippen LogP contribution is 2.22. The molecule has 2 rings (SSSR count). The van der Waals surface area contributed by atoms with Crippen molar-refractivity contribution in [2.45, 2.75) is 38.1 Å². The van der Waals surface area contributed by atoms with Gasteiger partial charge in [-0.05, 0) is 37.1 Å². The molecule has 1 atom stereocenters. The van der Waals surface area contributed by atoms with E-state index >= 15 is 0 Å². The second-order valence-electron chi connectivity index (χ2n) is 5.81. The van der Waals surface area contributed by atoms with Crippen LogP contribution in [0.15, 0.2) is 24.3 Å². The molecule has 0 amide bonds. The average molecular weight is 250 g/mol. The number of benzene rings is 1. The molecule has 1 fully saturated rings. The Balaban J connectivity index is 1.84. The van der Waals surface area contributed by atoms with Gasteiger partial charge in [-0.15, -0.1) is 0 Å². The van der Waals surface area contributed by atoms with Crippen molar-refractivity contribution >= 4 is 0 Å². The van der Waals surface area contributed by atoms with Gasteiger partial charge < -0.3 is 10.6 Å². The van der Waals surface area contributed by atoms with E-state index in [0.717, 1.165) is 19.6 Å². The lowest BCUT2D eigenvalue weighted by molar-refractivity contribution is 0.441. The summed E-state index contributed by atoms with van der Waals surface area (Å²) in [6.07, 6.45) is 2.55. The van der Waals surface area contributed by atoms with E-state index < -0.39 is 0 Å². The summed E-state index contributed by atoms with van der Waals surface area (Å²) < 4.78 is 12.9. The molecule has 2 N–H and O–H groups in total. The summed E-state index contributed by atoms with van der Waals surface area (Å²) >= 11 is 0. The Morgan fingerprint density at radius 1 is 1.33 bits per heavy atom. The van der Waals surface area contributed by atoms with Crippen LogP contribution < -0.4 is 10.6 Å². The maximum atomic E-state index is 12.9. The minimum Gasteiger partial charge on any atom is -0.314 e. The minimum absolute atomic E-state index is 0.0340. The van der Waals surface area contributed by atoms with Crippen LogP contribution in [0.3, 0.4) is 0 Å². The summed E-state index contributed by atoms with van der Waals surface area (Å²) in [6.45, 7) is 7.46. The van der Waals surface area contributed by atoms with Gasteiger partial charge >= 0.3 is 0 Å². The van der Waals surface area contributed by atoms with Gasteiger partial charge in [0.25, 0.3) is 0 Å². The highest BCUT2D eigenvalue weighted by molar-refractivity contribution is 5.24. The summed E-state index contributed by atoms with van der Waals surface area (Å²) in [7, 11) is 0. The zero-order valence-electron chi connectivity index (χ0n) is 11.3. The molecule has 1 aromatic carbocycles. The van der Waals surface area contributed by atoms with Crippen molar-refractivity contribution in [1.82, 2.24) is 10.6 Å². The van der Waals surface area contributed by atoms with E-state index in [2.05, 4.69) is 24.5 Å². The predicted octanol–water partition coefficient (Wildman–Crippen LogP) is 2.44. The monoisotopic (exact) mass is 250 g/mol. The van der Waals surface area contributed by atoms with Gasteiger partial charge in [-0.3, -0.25) is 0 Å². The van der Waals surface area contributed by atoms with Gasteiger partial charge in [0, 0.05) is 24.5 Å². The van der Waals surface area contributed by atoms with Gasteiger partial charge in [-0.1, -0.05) is 26.0 Å². The molecule has 0 saturated carbocycles. The first-order chi connectivity index (χ1) is 8.58. The Hall–Kier alpha value is -0.930. The molecule has 0 aromatic heterocycles. The molecule has 3 heteroatoms. The normalized spacial score (nSPS) is 20.3. The van der Waals surface area contributed by atoms with Crippen LogP contribution in [0.4, 0.5) is 4.39 Å². The van der Waals surface area contributed by atoms with Gasteiger partial charge in [0.1, 0.15) is 5.82 Å². The summed E-state index contributed by atoms with van der Waals surface area (Å²) in [5.74, 6) is -0.169. The first kappa shape index (κ1) is 13.5. The van der Waals surface area contributed by atoms with Gasteiger partial charge in [-0.2, -0.15) is 0 Å². The first-order valence-electron chi connectivity index (χ1n) is 6.78. The lowest BCUT2D eigenvalue weighted by Gasteiger charge is -2.26. The van der Waals surface area contributed by atoms with Gasteiger partial charge in [0.05, 0.1) is 0 Å². The Morgan fingerprint density at radius 2 is 2.06 bits per heavy atom. The topological polar surface area (TPSA) is 24.1 Å². The lowest BCUT2D eigenvalue weighted by Crippen LogP contribution is -2.40. The third-order valence-electron chi connectivity index (χ3n) is 3.75. The van der Waals surface area contributed by atoms with Gasteiger partial charge in [-0.25, -0.2) is 4.39 Å². The SMILES string of the molecule is CC(C)(CNCC1CCCN1)c1ccc(F)cc1. The molecule has 1 aliphatic heterocycles. The molecule has 1 aromatic rings. The molecule has 0 bridgehead atoms. The van der Waals surface area contributed by atoms with E-state index in [0.29, 0.717) is 6.04 Å². The second-order valence-corrected chi connectivity index (χ2v) is 5.81. The van der Waals surface area contributed by atoms with E-state index in [1.165, 1.54) is 30.5 Å². The smallest absolute Gasteiger partial charge is 0.123 e. The molecule has 2 nitrogen and oxygen atoms in total. The molecular weight excluding hydrogens is 227 g/mol. The largest absolute Gasteiger partial charge is 0.314 e. The maximum Gasteiger partial charge on any atom is 0.123 e. The number of rotatable bonds is 5. The highest BCUT2D eigenvalue weighted by atomic mass is 19.1. The standard InChI is InChI=1S/C15H23FN2/c1-15(2,12-5-7-13(16)8-6-12)11-17-10-14-4-3-9-18-14/h5-8,14,17-18H,3-4,9-11H2,1-2H3. The Morgan fingerprint density at radius 3 is 2.67 bits per heavy atom. The van der Waals surface area contributed by atoms with Crippen molar-refractivity contribution in [2.24, 2.45) is 0 Å². The molecule has 100 valence electrons. The molecule has 1 aliphatic rings. The van der Waals surface area contributed by atoms with Crippen LogP contribution in [-0.2, 0) is 5.41 Å². The molecule has 0 radical (unpaired) electrons. The van der Waals surface area contributed by atoms with Gasteiger partial charge in [0.15, 0.2) is 0 Å². The minimum atomic E-state index is -0.169. The highest BCUT2D eigenvalue weighted by Gasteiger charge is 2.21. The van der Waals surface area contributed by atoms with Crippen molar-refractivity contribution < 1.29 is 4.39 Å². The summed E-state index contributed by atoms with van der Waals surface area (Å²) in [5, 5.41) is 7.00. The van der Waals surface area contributed by atoms with E-state index in [4.69, 9.17) is 0 Å². The van der Waals surface area contributed by atoms with E-state index in [1.54, 1.807) is 0 Å². The second kappa shape index (κ2) is 5.81.